The summed E-state index contributed by atoms with van der Waals surface area (Å²) in [5.41, 5.74) is 4.00. The lowest BCUT2D eigenvalue weighted by Gasteiger charge is -2.27. The lowest BCUT2D eigenvalue weighted by molar-refractivity contribution is 0.235. The molecule has 1 atom stereocenters. The first kappa shape index (κ1) is 13.4. The summed E-state index contributed by atoms with van der Waals surface area (Å²) in [5.74, 6) is 1.73. The third-order valence-electron chi connectivity index (χ3n) is 3.80. The van der Waals surface area contributed by atoms with Crippen molar-refractivity contribution < 1.29 is 4.74 Å². The molecule has 1 N–H and O–H groups in total. The van der Waals surface area contributed by atoms with Crippen LogP contribution in [0.3, 0.4) is 0 Å². The summed E-state index contributed by atoms with van der Waals surface area (Å²) >= 11 is 0. The summed E-state index contributed by atoms with van der Waals surface area (Å²) in [5, 5.41) is 3.49. The molecule has 0 amide bonds. The van der Waals surface area contributed by atoms with Crippen molar-refractivity contribution in [3.8, 4) is 5.75 Å². The minimum atomic E-state index is 0.237. The molecule has 2 rings (SSSR count). The van der Waals surface area contributed by atoms with Crippen molar-refractivity contribution in [3.05, 3.63) is 28.8 Å². The van der Waals surface area contributed by atoms with Crippen molar-refractivity contribution in [1.82, 2.24) is 5.32 Å². The third-order valence-corrected chi connectivity index (χ3v) is 3.80. The van der Waals surface area contributed by atoms with Gasteiger partial charge in [-0.05, 0) is 63.8 Å². The van der Waals surface area contributed by atoms with E-state index in [-0.39, 0.29) is 6.10 Å². The molecule has 0 aliphatic carbocycles. The van der Waals surface area contributed by atoms with E-state index >= 15 is 0 Å². The van der Waals surface area contributed by atoms with Crippen LogP contribution < -0.4 is 10.1 Å². The van der Waals surface area contributed by atoms with Gasteiger partial charge in [-0.3, -0.25) is 0 Å². The van der Waals surface area contributed by atoms with Gasteiger partial charge in [0.1, 0.15) is 5.75 Å². The largest absolute Gasteiger partial charge is 0.490 e. The summed E-state index contributed by atoms with van der Waals surface area (Å²) in [6.45, 7) is 10.8. The van der Waals surface area contributed by atoms with Gasteiger partial charge in [0.15, 0.2) is 0 Å². The summed E-state index contributed by atoms with van der Waals surface area (Å²) in [4.78, 5) is 0. The summed E-state index contributed by atoms with van der Waals surface area (Å²) < 4.78 is 6.08. The van der Waals surface area contributed by atoms with Crippen LogP contribution in [0.2, 0.25) is 0 Å². The fraction of sp³-hybridized carbons (Fsp3) is 0.625. The van der Waals surface area contributed by atoms with E-state index in [1.807, 2.05) is 0 Å². The Balaban J connectivity index is 2.35. The van der Waals surface area contributed by atoms with Crippen molar-refractivity contribution in [2.24, 2.45) is 0 Å². The normalized spacial score (nSPS) is 20.2. The molecule has 0 radical (unpaired) electrons. The summed E-state index contributed by atoms with van der Waals surface area (Å²) in [7, 11) is 0. The molecular weight excluding hydrogens is 222 g/mol. The van der Waals surface area contributed by atoms with Crippen molar-refractivity contribution in [3.63, 3.8) is 0 Å². The number of rotatable bonds is 3. The molecular formula is C16H25NO. The van der Waals surface area contributed by atoms with Crippen LogP contribution >= 0.6 is 0 Å². The Hall–Kier alpha value is -1.02. The molecule has 1 aromatic rings. The highest BCUT2D eigenvalue weighted by atomic mass is 16.5. The molecule has 0 saturated carbocycles. The number of nitrogens with one attached hydrogen (secondary N) is 1. The maximum atomic E-state index is 6.08. The quantitative estimate of drug-likeness (QED) is 0.882. The molecule has 2 nitrogen and oxygen atoms in total. The van der Waals surface area contributed by atoms with E-state index in [0.717, 1.165) is 18.8 Å². The molecule has 0 aromatic heterocycles. The second kappa shape index (κ2) is 5.75. The first-order chi connectivity index (χ1) is 8.59. The minimum absolute atomic E-state index is 0.237. The molecule has 100 valence electrons. The number of ether oxygens (including phenoxy) is 1. The highest BCUT2D eigenvalue weighted by Crippen LogP contribution is 2.35. The molecule has 0 bridgehead atoms. The first-order valence-electron chi connectivity index (χ1n) is 7.07. The van der Waals surface area contributed by atoms with Gasteiger partial charge in [0.2, 0.25) is 0 Å². The van der Waals surface area contributed by atoms with Gasteiger partial charge in [-0.15, -0.1) is 0 Å². The van der Waals surface area contributed by atoms with E-state index in [1.54, 1.807) is 0 Å². The molecule has 1 aromatic carbocycles. The highest BCUT2D eigenvalue weighted by Gasteiger charge is 2.21. The van der Waals surface area contributed by atoms with Gasteiger partial charge in [-0.1, -0.05) is 12.1 Å². The first-order valence-corrected chi connectivity index (χ1v) is 7.07. The van der Waals surface area contributed by atoms with Gasteiger partial charge in [0.25, 0.3) is 0 Å². The zero-order chi connectivity index (χ0) is 13.1. The number of hydrogen-bond acceptors (Lipinski definition) is 2. The molecule has 1 heterocycles. The second-order valence-electron chi connectivity index (χ2n) is 5.64. The van der Waals surface area contributed by atoms with E-state index < -0.39 is 0 Å². The van der Waals surface area contributed by atoms with Gasteiger partial charge >= 0.3 is 0 Å². The topological polar surface area (TPSA) is 21.3 Å². The minimum Gasteiger partial charge on any atom is -0.490 e. The Morgan fingerprint density at radius 2 is 2.06 bits per heavy atom. The maximum Gasteiger partial charge on any atom is 0.126 e. The van der Waals surface area contributed by atoms with E-state index in [0.29, 0.717) is 5.92 Å². The number of aryl methyl sites for hydroxylation is 1. The Labute approximate surface area is 111 Å². The van der Waals surface area contributed by atoms with Crippen LogP contribution in [-0.2, 0) is 0 Å². The zero-order valence-corrected chi connectivity index (χ0v) is 12.0. The molecule has 2 heteroatoms. The number of hydrogen-bond donors (Lipinski definition) is 1. The predicted octanol–water partition coefficient (Wildman–Crippen LogP) is 3.56. The smallest absolute Gasteiger partial charge is 0.126 e. The SMILES string of the molecule is Cc1ccc(C2CCCNC2)c(OC(C)C)c1C. The van der Waals surface area contributed by atoms with E-state index in [9.17, 15) is 0 Å². The Morgan fingerprint density at radius 3 is 2.67 bits per heavy atom. The van der Waals surface area contributed by atoms with Crippen LogP contribution in [0.25, 0.3) is 0 Å². The molecule has 1 fully saturated rings. The lowest BCUT2D eigenvalue weighted by Crippen LogP contribution is -2.29. The molecule has 1 saturated heterocycles. The zero-order valence-electron chi connectivity index (χ0n) is 12.0. The Morgan fingerprint density at radius 1 is 1.28 bits per heavy atom. The summed E-state index contributed by atoms with van der Waals surface area (Å²) in [6.07, 6.45) is 2.77. The van der Waals surface area contributed by atoms with Crippen LogP contribution in [0.1, 0.15) is 49.3 Å². The fourth-order valence-corrected chi connectivity index (χ4v) is 2.64. The van der Waals surface area contributed by atoms with E-state index in [2.05, 4.69) is 45.1 Å². The lowest BCUT2D eigenvalue weighted by atomic mass is 9.88. The molecule has 1 aliphatic heterocycles. The summed E-state index contributed by atoms with van der Waals surface area (Å²) in [6, 6.07) is 4.49. The second-order valence-corrected chi connectivity index (χ2v) is 5.64. The Kier molecular flexibility index (Phi) is 4.28. The van der Waals surface area contributed by atoms with Crippen molar-refractivity contribution >= 4 is 0 Å². The van der Waals surface area contributed by atoms with Crippen molar-refractivity contribution in [2.45, 2.75) is 52.6 Å². The van der Waals surface area contributed by atoms with Crippen molar-refractivity contribution in [1.29, 1.82) is 0 Å². The van der Waals surface area contributed by atoms with Gasteiger partial charge in [0, 0.05) is 12.5 Å². The van der Waals surface area contributed by atoms with E-state index in [1.165, 1.54) is 29.5 Å². The molecule has 1 unspecified atom stereocenters. The number of benzene rings is 1. The van der Waals surface area contributed by atoms with Crippen molar-refractivity contribution in [2.75, 3.05) is 13.1 Å². The van der Waals surface area contributed by atoms with E-state index in [4.69, 9.17) is 4.74 Å². The predicted molar refractivity (Wildman–Crippen MR) is 76.5 cm³/mol. The number of piperidine rings is 1. The van der Waals surface area contributed by atoms with Crippen LogP contribution in [0.5, 0.6) is 5.75 Å². The standard InChI is InChI=1S/C16H25NO/c1-11(2)18-16-13(4)12(3)7-8-15(16)14-6-5-9-17-10-14/h7-8,11,14,17H,5-6,9-10H2,1-4H3. The molecule has 18 heavy (non-hydrogen) atoms. The van der Waals surface area contributed by atoms with Gasteiger partial charge < -0.3 is 10.1 Å². The monoisotopic (exact) mass is 247 g/mol. The Bertz CT molecular complexity index is 406. The van der Waals surface area contributed by atoms with Crippen LogP contribution in [0.4, 0.5) is 0 Å². The van der Waals surface area contributed by atoms with Crippen LogP contribution in [0.15, 0.2) is 12.1 Å². The van der Waals surface area contributed by atoms with Gasteiger partial charge in [-0.25, -0.2) is 0 Å². The van der Waals surface area contributed by atoms with Gasteiger partial charge in [-0.2, -0.15) is 0 Å². The molecule has 1 aliphatic rings. The van der Waals surface area contributed by atoms with Gasteiger partial charge in [0.05, 0.1) is 6.10 Å². The highest BCUT2D eigenvalue weighted by molar-refractivity contribution is 5.47. The maximum absolute atomic E-state index is 6.08. The van der Waals surface area contributed by atoms with Crippen LogP contribution in [0, 0.1) is 13.8 Å². The fourth-order valence-electron chi connectivity index (χ4n) is 2.64. The molecule has 0 spiro atoms. The third kappa shape index (κ3) is 2.86. The average molecular weight is 247 g/mol. The van der Waals surface area contributed by atoms with Crippen LogP contribution in [-0.4, -0.2) is 19.2 Å². The average Bonchev–Trinajstić information content (AvgIpc) is 2.36.